The Bertz CT molecular complexity index is 5720. The quantitative estimate of drug-likeness (QED) is 0.0548. The molecule has 9 unspecified atom stereocenters. The number of carbonyl (C=O) groups excluding carboxylic acids is 1. The predicted octanol–water partition coefficient (Wildman–Crippen LogP) is 18.5. The first-order chi connectivity index (χ1) is 62.8. The third-order valence-electron chi connectivity index (χ3n) is 27.6. The summed E-state index contributed by atoms with van der Waals surface area (Å²) >= 11 is 62.6. The van der Waals surface area contributed by atoms with Crippen molar-refractivity contribution in [3.05, 3.63) is 88.8 Å². The van der Waals surface area contributed by atoms with Crippen molar-refractivity contribution in [3.63, 3.8) is 0 Å². The van der Waals surface area contributed by atoms with Gasteiger partial charge in [0.25, 0.3) is 11.7 Å². The molecule has 3 N–H and O–H groups in total. The zero-order chi connectivity index (χ0) is 94.2. The maximum atomic E-state index is 15.0. The van der Waals surface area contributed by atoms with Crippen molar-refractivity contribution in [1.82, 2.24) is 97.9 Å². The van der Waals surface area contributed by atoms with E-state index in [1.807, 2.05) is 27.7 Å². The number of aromatic nitrogens is 20. The van der Waals surface area contributed by atoms with Crippen LogP contribution in [0.15, 0.2) is 40.2 Å². The van der Waals surface area contributed by atoms with Crippen LogP contribution in [0.5, 0.6) is 0 Å². The lowest BCUT2D eigenvalue weighted by Gasteiger charge is -2.24. The molecule has 0 aromatic carbocycles. The molecule has 0 amide bonds. The lowest BCUT2D eigenvalue weighted by molar-refractivity contribution is -0.227. The number of hydrogen-bond donors (Lipinski definition) is 3. The van der Waals surface area contributed by atoms with Gasteiger partial charge in [-0.05, 0) is 253 Å². The molecule has 34 nitrogen and oxygen atoms in total. The van der Waals surface area contributed by atoms with Gasteiger partial charge in [0, 0.05) is 70.1 Å². The van der Waals surface area contributed by atoms with Gasteiger partial charge in [-0.2, -0.15) is 19.9 Å². The van der Waals surface area contributed by atoms with Gasteiger partial charge in [0.15, 0.2) is 69.0 Å². The summed E-state index contributed by atoms with van der Waals surface area (Å²) < 4.78 is 109. The fourth-order valence-electron chi connectivity index (χ4n) is 20.9. The van der Waals surface area contributed by atoms with Crippen molar-refractivity contribution < 1.29 is 65.8 Å². The third kappa shape index (κ3) is 21.0. The van der Waals surface area contributed by atoms with Gasteiger partial charge in [-0.3, -0.25) is 9.13 Å². The molecule has 132 heavy (non-hydrogen) atoms. The van der Waals surface area contributed by atoms with Crippen molar-refractivity contribution >= 4 is 216 Å². The summed E-state index contributed by atoms with van der Waals surface area (Å²) in [6.45, 7) is 18.4. The van der Waals surface area contributed by atoms with Crippen LogP contribution in [-0.4, -0.2) is 239 Å². The Balaban J connectivity index is 0.000000117. The van der Waals surface area contributed by atoms with Crippen LogP contribution in [0.2, 0.25) is 31.6 Å². The summed E-state index contributed by atoms with van der Waals surface area (Å²) in [6.07, 6.45) is 14.9. The Kier molecular flexibility index (Phi) is 31.6. The summed E-state index contributed by atoms with van der Waals surface area (Å²) in [5, 5.41) is 51.9. The Labute approximate surface area is 822 Å². The standard InChI is InChI=1S/C19H25ClFN5O2.C19H25ClFN5O.C17H21ClFN5O3.C12H13BrClN5.C7H11FO2.C5HBrCl2N4.CH2Cl4O2P2/c1-3-13-10(2)15(21)19(27,28-13)14-7-22-16-17(23-18(20)24-26(14)16)25-8-11-5-4-6-12(11)9-25;1-3-14-10(2)15(21)16(27-14)13-7-22-17-18(23-19(20)24-26(13)17)25-8-11-5-4-6-12(11)9-25;18-17-21-16(23-5-8-2-1-3-9(8)6-23)15-20-4-10(24(15)22-17)14-12(19)13(26)11(7-25)27-14;13-9-4-15-10-11(16-12(14)17-19(9)10)18-5-7-2-1-3-8(7)6-18;1-3-5-4(2)6(8)7(9)10-5;6-2-1-9-4-3(7)10-5(8)11-12(2)4;2-8(3,6)1-9(4,5)7/h7,10-13,15,27H,3-6,8-9H2,1-2H3;7,10-12,14-16H,3-6,8-9H2,1-2H3;4,8-9,11-14,25-26H,1-3,5-7H2;4,7-8H,1-3,5-6H2;4-6H,3H2,1-2H3;1H;1H2/t10-,11?,12?,13-,15+,19?;10-,11?,12?,14-,15+,16+;8?,9?,11-,12+,13-,14+;;4-,5-,6+;;/m111.1../s1. The minimum absolute atomic E-state index is 0.0379. The molecular formula is C80H98Br2Cl10F4N24O10P2. The van der Waals surface area contributed by atoms with E-state index in [1.54, 1.807) is 41.5 Å². The monoisotopic (exact) mass is 2200 g/mol. The first-order valence-electron chi connectivity index (χ1n) is 44.1. The van der Waals surface area contributed by atoms with Gasteiger partial charge >= 0.3 is 5.97 Å². The molecule has 0 bridgehead atoms. The number of imidazole rings is 5. The number of rotatable bonds is 13. The molecule has 23 atom stereocenters. The highest BCUT2D eigenvalue weighted by Crippen LogP contribution is 2.72. The van der Waals surface area contributed by atoms with Gasteiger partial charge in [0.05, 0.1) is 61.2 Å². The van der Waals surface area contributed by atoms with Crippen LogP contribution in [0, 0.1) is 65.1 Å². The molecule has 12 aliphatic rings. The zero-order valence-corrected chi connectivity index (χ0v) is 84.7. The second kappa shape index (κ2) is 41.6. The molecule has 12 fully saturated rings. The van der Waals surface area contributed by atoms with Crippen molar-refractivity contribution in [2.75, 3.05) is 84.5 Å². The van der Waals surface area contributed by atoms with Gasteiger partial charge in [0.1, 0.15) is 57.5 Å². The molecule has 10 aromatic heterocycles. The predicted molar refractivity (Wildman–Crippen MR) is 500 cm³/mol. The normalized spacial score (nSPS) is 31.5. The van der Waals surface area contributed by atoms with E-state index < -0.39 is 91.0 Å². The van der Waals surface area contributed by atoms with E-state index in [4.69, 9.17) is 134 Å². The fourth-order valence-corrected chi connectivity index (χ4v) is 31.6. The molecule has 0 spiro atoms. The van der Waals surface area contributed by atoms with Crippen LogP contribution < -0.4 is 19.6 Å². The average molecular weight is 2210 g/mol. The topological polar surface area (TPSA) is 377 Å². The van der Waals surface area contributed by atoms with E-state index in [0.717, 1.165) is 104 Å². The molecule has 18 heterocycles. The van der Waals surface area contributed by atoms with E-state index in [9.17, 15) is 42.4 Å². The molecule has 4 saturated carbocycles. The zero-order valence-electron chi connectivity index (χ0n) is 72.1. The van der Waals surface area contributed by atoms with Gasteiger partial charge in [-0.15, -0.1) is 25.5 Å². The van der Waals surface area contributed by atoms with Crippen molar-refractivity contribution in [2.24, 2.45) is 65.1 Å². The van der Waals surface area contributed by atoms with Gasteiger partial charge in [0.2, 0.25) is 38.4 Å². The second-order valence-corrected chi connectivity index (χ2v) is 50.4. The van der Waals surface area contributed by atoms with Gasteiger partial charge in [-0.25, -0.2) is 74.8 Å². The van der Waals surface area contributed by atoms with E-state index in [0.29, 0.717) is 86.7 Å². The minimum Gasteiger partial charge on any atom is -0.460 e. The SMILES string of the molecule is CC[C@H]1OC(=O)[C@@H](F)[C@@H]1C.CC[C@H]1OC(O)(c2cnc3c(N4CC5CCCC5C4)nc(Cl)nn23)[C@@H](F)[C@@H]1C.CC[C@H]1O[C@@H](c2cnc3c(N4CC5CCCC5C4)nc(Cl)nn23)[C@@H](F)[C@@H]1C.Clc1nc(Cl)c2ncc(Br)n2n1.Clc1nc(N2CC3CCCC3C2)c2ncc(Br)n2n1.O=P(Cl)(Cl)CP(=O)(Cl)Cl.OC[C@H]1O[C@@H](c2cnc3c(N4CC5CCCC5C4)nc(Cl)nn23)[C@@H](F)[C@@H]1O. The number of aliphatic hydroxyl groups excluding tert-OH is 2. The maximum Gasteiger partial charge on any atom is 0.341 e. The molecule has 22 rings (SSSR count). The Morgan fingerprint density at radius 2 is 0.795 bits per heavy atom. The highest BCUT2D eigenvalue weighted by molar-refractivity contribution is 9.10. The third-order valence-corrected chi connectivity index (χ3v) is 36.2. The number of esters is 1. The number of aliphatic hydroxyl groups is 3. The Hall–Kier alpha value is -4.78. The van der Waals surface area contributed by atoms with Crippen LogP contribution in [0.1, 0.15) is 167 Å². The minimum atomic E-state index is -3.37. The van der Waals surface area contributed by atoms with Crippen LogP contribution in [-0.2, 0) is 38.7 Å². The Morgan fingerprint density at radius 1 is 0.455 bits per heavy atom. The van der Waals surface area contributed by atoms with Crippen LogP contribution in [0.3, 0.4) is 0 Å². The van der Waals surface area contributed by atoms with E-state index >= 15 is 4.39 Å². The molecular weight excluding hydrogens is 2110 g/mol. The van der Waals surface area contributed by atoms with Crippen LogP contribution in [0.25, 0.3) is 28.2 Å². The number of halogens is 16. The number of hydrogen-bond acceptors (Lipinski definition) is 29. The molecule has 8 aliphatic heterocycles. The number of carbonyl (C=O) groups is 1. The molecule has 10 aromatic rings. The summed E-state index contributed by atoms with van der Waals surface area (Å²) in [6, 6.07) is 0. The van der Waals surface area contributed by atoms with Crippen molar-refractivity contribution in [2.45, 2.75) is 211 Å². The number of anilines is 4. The summed E-state index contributed by atoms with van der Waals surface area (Å²) in [4.78, 5) is 62.7. The van der Waals surface area contributed by atoms with Crippen molar-refractivity contribution in [3.8, 4) is 0 Å². The maximum absolute atomic E-state index is 15.0. The second-order valence-electron chi connectivity index (χ2n) is 35.7. The highest BCUT2D eigenvalue weighted by atomic mass is 79.9. The summed E-state index contributed by atoms with van der Waals surface area (Å²) in [5.74, 6) is -2.26. The molecule has 0 radical (unpaired) electrons. The van der Waals surface area contributed by atoms with E-state index in [2.05, 4.69) is 127 Å². The molecule has 52 heteroatoms. The highest BCUT2D eigenvalue weighted by Gasteiger charge is 2.57. The number of nitrogens with zero attached hydrogens (tertiary/aromatic N) is 24. The molecule has 4 aliphatic carbocycles. The van der Waals surface area contributed by atoms with Gasteiger partial charge < -0.3 is 53.9 Å². The summed E-state index contributed by atoms with van der Waals surface area (Å²) in [7, 11) is 0. The molecule has 720 valence electrons. The molecule has 8 saturated heterocycles. The largest absolute Gasteiger partial charge is 0.460 e. The Morgan fingerprint density at radius 3 is 1.14 bits per heavy atom. The lowest BCUT2D eigenvalue weighted by atomic mass is 9.95. The first-order valence-corrected chi connectivity index (χ1v) is 55.3. The number of cyclic esters (lactones) is 1. The number of alkyl halides is 4. The van der Waals surface area contributed by atoms with Crippen molar-refractivity contribution in [1.29, 1.82) is 0 Å². The summed E-state index contributed by atoms with van der Waals surface area (Å²) in [5.41, 5.74) is 3.97. The lowest BCUT2D eigenvalue weighted by Crippen LogP contribution is -2.37. The first kappa shape index (κ1) is 100. The number of ether oxygens (including phenoxy) is 4. The van der Waals surface area contributed by atoms with Gasteiger partial charge in [-0.1, -0.05) is 78.8 Å². The average Bonchev–Trinajstić information content (AvgIpc) is 1.59. The number of fused-ring (bicyclic) bond motifs is 9. The van der Waals surface area contributed by atoms with Crippen LogP contribution in [0.4, 0.5) is 40.8 Å². The fraction of sp³-hybridized carbons (Fsp3) is 0.675. The van der Waals surface area contributed by atoms with E-state index in [-0.39, 0.29) is 67.4 Å². The van der Waals surface area contributed by atoms with E-state index in [1.165, 1.54) is 103 Å². The van der Waals surface area contributed by atoms with Crippen LogP contribution >= 0.6 is 158 Å². The smallest absolute Gasteiger partial charge is 0.341 e.